The largest absolute Gasteiger partial charge is 0.369 e. The Bertz CT molecular complexity index is 383. The molecular weight excluding hydrogens is 224 g/mol. The van der Waals surface area contributed by atoms with Crippen molar-refractivity contribution >= 4 is 5.82 Å². The van der Waals surface area contributed by atoms with Gasteiger partial charge in [0.15, 0.2) is 0 Å². The van der Waals surface area contributed by atoms with E-state index in [1.165, 1.54) is 50.9 Å². The highest BCUT2D eigenvalue weighted by Crippen LogP contribution is 2.39. The number of aromatic nitrogens is 2. The quantitative estimate of drug-likeness (QED) is 0.865. The molecule has 1 saturated heterocycles. The number of hydrogen-bond donors (Lipinski definition) is 1. The highest BCUT2D eigenvalue weighted by Gasteiger charge is 2.25. The molecule has 0 bridgehead atoms. The lowest BCUT2D eigenvalue weighted by Crippen LogP contribution is -2.33. The average molecular weight is 246 g/mol. The topological polar surface area (TPSA) is 41.1 Å². The fraction of sp³-hybridized carbons (Fsp3) is 0.714. The van der Waals surface area contributed by atoms with Gasteiger partial charge in [-0.2, -0.15) is 0 Å². The zero-order valence-electron chi connectivity index (χ0n) is 10.9. The first-order valence-electron chi connectivity index (χ1n) is 7.20. The Balaban J connectivity index is 1.45. The Hall–Kier alpha value is -1.16. The van der Waals surface area contributed by atoms with Crippen LogP contribution in [0.25, 0.3) is 0 Å². The van der Waals surface area contributed by atoms with E-state index < -0.39 is 0 Å². The van der Waals surface area contributed by atoms with Crippen molar-refractivity contribution in [1.29, 1.82) is 0 Å². The molecule has 2 fully saturated rings. The second kappa shape index (κ2) is 5.65. The van der Waals surface area contributed by atoms with E-state index in [2.05, 4.69) is 26.3 Å². The molecule has 1 aromatic heterocycles. The summed E-state index contributed by atoms with van der Waals surface area (Å²) in [5, 5.41) is 3.42. The lowest BCUT2D eigenvalue weighted by atomic mass is 10.1. The molecule has 4 heteroatoms. The number of nitrogens with one attached hydrogen (secondary N) is 1. The van der Waals surface area contributed by atoms with Gasteiger partial charge in [0.1, 0.15) is 12.1 Å². The van der Waals surface area contributed by atoms with Crippen LogP contribution in [0.4, 0.5) is 5.82 Å². The number of piperidine rings is 1. The number of hydrogen-bond acceptors (Lipinski definition) is 4. The first-order valence-corrected chi connectivity index (χ1v) is 7.20. The summed E-state index contributed by atoms with van der Waals surface area (Å²) in [6.45, 7) is 4.64. The molecule has 0 atom stereocenters. The molecule has 1 aliphatic heterocycles. The SMILES string of the molecule is c1nc(NCCN2CCCCC2)cc(C2CC2)n1. The Morgan fingerprint density at radius 2 is 2.00 bits per heavy atom. The van der Waals surface area contributed by atoms with Gasteiger partial charge in [0, 0.05) is 30.8 Å². The minimum atomic E-state index is 0.704. The second-order valence-electron chi connectivity index (χ2n) is 5.43. The number of rotatable bonds is 5. The summed E-state index contributed by atoms with van der Waals surface area (Å²) in [5.41, 5.74) is 1.21. The van der Waals surface area contributed by atoms with Crippen LogP contribution in [-0.2, 0) is 0 Å². The summed E-state index contributed by atoms with van der Waals surface area (Å²) in [6.07, 6.45) is 8.41. The zero-order valence-corrected chi connectivity index (χ0v) is 10.9. The second-order valence-corrected chi connectivity index (χ2v) is 5.43. The Kier molecular flexibility index (Phi) is 3.74. The molecule has 3 rings (SSSR count). The molecule has 0 spiro atoms. The lowest BCUT2D eigenvalue weighted by molar-refractivity contribution is 0.237. The molecule has 4 nitrogen and oxygen atoms in total. The van der Waals surface area contributed by atoms with Gasteiger partial charge in [-0.1, -0.05) is 6.42 Å². The molecule has 0 aromatic carbocycles. The zero-order chi connectivity index (χ0) is 12.2. The van der Waals surface area contributed by atoms with E-state index in [-0.39, 0.29) is 0 Å². The van der Waals surface area contributed by atoms with E-state index in [1.54, 1.807) is 6.33 Å². The lowest BCUT2D eigenvalue weighted by Gasteiger charge is -2.26. The van der Waals surface area contributed by atoms with E-state index >= 15 is 0 Å². The third-order valence-corrected chi connectivity index (χ3v) is 3.87. The van der Waals surface area contributed by atoms with Gasteiger partial charge in [-0.3, -0.25) is 0 Å². The van der Waals surface area contributed by atoms with Gasteiger partial charge in [0.25, 0.3) is 0 Å². The first kappa shape index (κ1) is 11.9. The highest BCUT2D eigenvalue weighted by molar-refractivity contribution is 5.36. The maximum atomic E-state index is 4.34. The van der Waals surface area contributed by atoms with Crippen LogP contribution >= 0.6 is 0 Å². The van der Waals surface area contributed by atoms with E-state index in [0.717, 1.165) is 18.9 Å². The van der Waals surface area contributed by atoms with Crippen LogP contribution in [0, 0.1) is 0 Å². The van der Waals surface area contributed by atoms with Crippen LogP contribution in [0.3, 0.4) is 0 Å². The van der Waals surface area contributed by atoms with Gasteiger partial charge >= 0.3 is 0 Å². The highest BCUT2D eigenvalue weighted by atomic mass is 15.1. The van der Waals surface area contributed by atoms with Crippen molar-refractivity contribution in [2.45, 2.75) is 38.0 Å². The van der Waals surface area contributed by atoms with Crippen molar-refractivity contribution in [3.63, 3.8) is 0 Å². The molecule has 2 heterocycles. The van der Waals surface area contributed by atoms with Crippen molar-refractivity contribution < 1.29 is 0 Å². The smallest absolute Gasteiger partial charge is 0.129 e. The Morgan fingerprint density at radius 3 is 2.78 bits per heavy atom. The Morgan fingerprint density at radius 1 is 1.17 bits per heavy atom. The third kappa shape index (κ3) is 3.19. The van der Waals surface area contributed by atoms with Crippen molar-refractivity contribution in [3.05, 3.63) is 18.1 Å². The molecule has 1 aliphatic carbocycles. The van der Waals surface area contributed by atoms with Crippen LogP contribution in [0.2, 0.25) is 0 Å². The monoisotopic (exact) mass is 246 g/mol. The third-order valence-electron chi connectivity index (χ3n) is 3.87. The van der Waals surface area contributed by atoms with Crippen LogP contribution < -0.4 is 5.32 Å². The Labute approximate surface area is 109 Å². The summed E-state index contributed by atoms with van der Waals surface area (Å²) < 4.78 is 0. The van der Waals surface area contributed by atoms with Crippen molar-refractivity contribution in [3.8, 4) is 0 Å². The van der Waals surface area contributed by atoms with Gasteiger partial charge < -0.3 is 10.2 Å². The molecule has 1 saturated carbocycles. The first-order chi connectivity index (χ1) is 8.92. The molecule has 98 valence electrons. The van der Waals surface area contributed by atoms with Gasteiger partial charge in [-0.25, -0.2) is 9.97 Å². The normalized spacial score (nSPS) is 20.9. The fourth-order valence-electron chi connectivity index (χ4n) is 2.60. The van der Waals surface area contributed by atoms with Crippen molar-refractivity contribution in [1.82, 2.24) is 14.9 Å². The summed E-state index contributed by atoms with van der Waals surface area (Å²) >= 11 is 0. The predicted octanol–water partition coefficient (Wildman–Crippen LogP) is 2.25. The molecular formula is C14H22N4. The summed E-state index contributed by atoms with van der Waals surface area (Å²) in [5.74, 6) is 1.69. The molecule has 0 unspecified atom stereocenters. The molecule has 0 amide bonds. The summed E-state index contributed by atoms with van der Waals surface area (Å²) in [6, 6.07) is 2.12. The summed E-state index contributed by atoms with van der Waals surface area (Å²) in [4.78, 5) is 11.2. The molecule has 1 N–H and O–H groups in total. The number of likely N-dealkylation sites (tertiary alicyclic amines) is 1. The van der Waals surface area contributed by atoms with Crippen molar-refractivity contribution in [2.24, 2.45) is 0 Å². The average Bonchev–Trinajstić information content (AvgIpc) is 3.25. The number of nitrogens with zero attached hydrogens (tertiary/aromatic N) is 3. The standard InChI is InChI=1S/C14H22N4/c1-2-7-18(8-3-1)9-6-15-14-10-13(12-4-5-12)16-11-17-14/h10-12H,1-9H2,(H,15,16,17). The van der Waals surface area contributed by atoms with Gasteiger partial charge in [-0.15, -0.1) is 0 Å². The van der Waals surface area contributed by atoms with E-state index in [0.29, 0.717) is 5.92 Å². The van der Waals surface area contributed by atoms with Crippen LogP contribution in [-0.4, -0.2) is 41.0 Å². The van der Waals surface area contributed by atoms with Crippen LogP contribution in [0.15, 0.2) is 12.4 Å². The maximum absolute atomic E-state index is 4.34. The van der Waals surface area contributed by atoms with Gasteiger partial charge in [0.05, 0.1) is 0 Å². The predicted molar refractivity (Wildman–Crippen MR) is 72.8 cm³/mol. The minimum Gasteiger partial charge on any atom is -0.369 e. The number of anilines is 1. The van der Waals surface area contributed by atoms with Crippen molar-refractivity contribution in [2.75, 3.05) is 31.5 Å². The van der Waals surface area contributed by atoms with Gasteiger partial charge in [0.2, 0.25) is 0 Å². The molecule has 0 radical (unpaired) electrons. The summed E-state index contributed by atoms with van der Waals surface area (Å²) in [7, 11) is 0. The fourth-order valence-corrected chi connectivity index (χ4v) is 2.60. The molecule has 18 heavy (non-hydrogen) atoms. The molecule has 1 aromatic rings. The van der Waals surface area contributed by atoms with Gasteiger partial charge in [-0.05, 0) is 38.8 Å². The van der Waals surface area contributed by atoms with E-state index in [9.17, 15) is 0 Å². The van der Waals surface area contributed by atoms with Crippen LogP contribution in [0.5, 0.6) is 0 Å². The molecule has 2 aliphatic rings. The maximum Gasteiger partial charge on any atom is 0.129 e. The van der Waals surface area contributed by atoms with E-state index in [4.69, 9.17) is 0 Å². The van der Waals surface area contributed by atoms with Crippen LogP contribution in [0.1, 0.15) is 43.7 Å². The van der Waals surface area contributed by atoms with E-state index in [1.807, 2.05) is 0 Å². The minimum absolute atomic E-state index is 0.704.